The molecule has 2 aromatic heterocycles. The van der Waals surface area contributed by atoms with Crippen molar-refractivity contribution in [3.8, 4) is 0 Å². The Morgan fingerprint density at radius 2 is 2.44 bits per heavy atom. The Labute approximate surface area is 97.8 Å². The van der Waals surface area contributed by atoms with Crippen LogP contribution in [0.4, 0.5) is 0 Å². The van der Waals surface area contributed by atoms with E-state index in [0.29, 0.717) is 0 Å². The van der Waals surface area contributed by atoms with Crippen LogP contribution in [-0.4, -0.2) is 18.5 Å². The first-order chi connectivity index (χ1) is 7.79. The molecule has 0 aliphatic carbocycles. The molecule has 0 saturated heterocycles. The van der Waals surface area contributed by atoms with Gasteiger partial charge >= 0.3 is 0 Å². The maximum atomic E-state index is 5.50. The van der Waals surface area contributed by atoms with Crippen molar-refractivity contribution < 1.29 is 0 Å². The minimum atomic E-state index is 0.0546. The second-order valence-corrected chi connectivity index (χ2v) is 4.17. The SMILES string of the molecule is Cn1cc(CCC(NN)c2cnsn2)cn1. The van der Waals surface area contributed by atoms with Gasteiger partial charge in [0, 0.05) is 13.2 Å². The van der Waals surface area contributed by atoms with E-state index >= 15 is 0 Å². The fourth-order valence-electron chi connectivity index (χ4n) is 1.55. The second kappa shape index (κ2) is 5.15. The van der Waals surface area contributed by atoms with Crippen LogP contribution in [0.25, 0.3) is 0 Å². The lowest BCUT2D eigenvalue weighted by Gasteiger charge is -2.11. The van der Waals surface area contributed by atoms with Gasteiger partial charge in [0.2, 0.25) is 0 Å². The van der Waals surface area contributed by atoms with Gasteiger partial charge in [0.15, 0.2) is 0 Å². The number of nitrogens with one attached hydrogen (secondary N) is 1. The zero-order chi connectivity index (χ0) is 11.4. The number of nitrogens with two attached hydrogens (primary N) is 1. The molecule has 0 spiro atoms. The van der Waals surface area contributed by atoms with Crippen LogP contribution < -0.4 is 11.3 Å². The molecule has 0 aliphatic rings. The molecule has 0 fully saturated rings. The molecular formula is C9H14N6S. The first-order valence-electron chi connectivity index (χ1n) is 5.00. The Morgan fingerprint density at radius 1 is 1.56 bits per heavy atom. The van der Waals surface area contributed by atoms with E-state index in [-0.39, 0.29) is 6.04 Å². The van der Waals surface area contributed by atoms with Gasteiger partial charge in [-0.15, -0.1) is 0 Å². The summed E-state index contributed by atoms with van der Waals surface area (Å²) in [5, 5.41) is 4.12. The molecule has 1 atom stereocenters. The number of rotatable bonds is 5. The van der Waals surface area contributed by atoms with E-state index in [9.17, 15) is 0 Å². The first kappa shape index (κ1) is 11.2. The summed E-state index contributed by atoms with van der Waals surface area (Å²) >= 11 is 1.20. The third kappa shape index (κ3) is 2.63. The van der Waals surface area contributed by atoms with Crippen molar-refractivity contribution >= 4 is 11.7 Å². The Balaban J connectivity index is 1.93. The van der Waals surface area contributed by atoms with E-state index in [0.717, 1.165) is 18.5 Å². The second-order valence-electron chi connectivity index (χ2n) is 3.61. The molecule has 86 valence electrons. The monoisotopic (exact) mass is 238 g/mol. The summed E-state index contributed by atoms with van der Waals surface area (Å²) < 4.78 is 9.94. The zero-order valence-corrected chi connectivity index (χ0v) is 9.81. The summed E-state index contributed by atoms with van der Waals surface area (Å²) in [6, 6.07) is 0.0546. The molecular weight excluding hydrogens is 224 g/mol. The third-order valence-corrected chi connectivity index (χ3v) is 2.91. The molecule has 0 aliphatic heterocycles. The van der Waals surface area contributed by atoms with Crippen molar-refractivity contribution in [3.05, 3.63) is 29.8 Å². The van der Waals surface area contributed by atoms with E-state index in [4.69, 9.17) is 5.84 Å². The van der Waals surface area contributed by atoms with E-state index in [1.54, 1.807) is 10.9 Å². The average Bonchev–Trinajstić information content (AvgIpc) is 2.91. The fourth-order valence-corrected chi connectivity index (χ4v) is 2.02. The van der Waals surface area contributed by atoms with Crippen LogP contribution in [-0.2, 0) is 13.5 Å². The summed E-state index contributed by atoms with van der Waals surface area (Å²) in [4.78, 5) is 0. The summed E-state index contributed by atoms with van der Waals surface area (Å²) in [7, 11) is 1.91. The van der Waals surface area contributed by atoms with Crippen molar-refractivity contribution in [2.24, 2.45) is 12.9 Å². The van der Waals surface area contributed by atoms with E-state index in [1.807, 2.05) is 19.4 Å². The highest BCUT2D eigenvalue weighted by molar-refractivity contribution is 6.99. The Kier molecular flexibility index (Phi) is 3.60. The number of nitrogens with zero attached hydrogens (tertiary/aromatic N) is 4. The summed E-state index contributed by atoms with van der Waals surface area (Å²) in [5.74, 6) is 5.50. The molecule has 1 unspecified atom stereocenters. The van der Waals surface area contributed by atoms with Gasteiger partial charge in [-0.1, -0.05) is 0 Å². The fraction of sp³-hybridized carbons (Fsp3) is 0.444. The van der Waals surface area contributed by atoms with Gasteiger partial charge in [-0.2, -0.15) is 13.8 Å². The molecule has 6 nitrogen and oxygen atoms in total. The van der Waals surface area contributed by atoms with E-state index in [2.05, 4.69) is 19.3 Å². The van der Waals surface area contributed by atoms with Gasteiger partial charge in [0.25, 0.3) is 0 Å². The molecule has 0 amide bonds. The largest absolute Gasteiger partial charge is 0.276 e. The van der Waals surface area contributed by atoms with Gasteiger partial charge in [0.05, 0.1) is 35.9 Å². The normalized spacial score (nSPS) is 12.9. The predicted octanol–water partition coefficient (Wildman–Crippen LogP) is 0.409. The molecule has 0 aromatic carbocycles. The number of aryl methyl sites for hydroxylation is 2. The standard InChI is InChI=1S/C9H14N6S/c1-15-6-7(4-11-15)2-3-8(13-10)9-5-12-16-14-9/h4-6,8,13H,2-3,10H2,1H3. The molecule has 2 rings (SSSR count). The van der Waals surface area contributed by atoms with Crippen molar-refractivity contribution in [2.75, 3.05) is 0 Å². The number of aromatic nitrogens is 4. The van der Waals surface area contributed by atoms with Crippen LogP contribution in [0, 0.1) is 0 Å². The van der Waals surface area contributed by atoms with Crippen molar-refractivity contribution in [2.45, 2.75) is 18.9 Å². The molecule has 16 heavy (non-hydrogen) atoms. The lowest BCUT2D eigenvalue weighted by molar-refractivity contribution is 0.507. The van der Waals surface area contributed by atoms with Crippen LogP contribution in [0.15, 0.2) is 18.6 Å². The van der Waals surface area contributed by atoms with Crippen molar-refractivity contribution in [1.82, 2.24) is 24.0 Å². The summed E-state index contributed by atoms with van der Waals surface area (Å²) in [5.41, 5.74) is 4.86. The smallest absolute Gasteiger partial charge is 0.0925 e. The van der Waals surface area contributed by atoms with Crippen LogP contribution in [0.5, 0.6) is 0 Å². The Morgan fingerprint density at radius 3 is 3.00 bits per heavy atom. The average molecular weight is 238 g/mol. The maximum Gasteiger partial charge on any atom is 0.0925 e. The quantitative estimate of drug-likeness (QED) is 0.582. The predicted molar refractivity (Wildman–Crippen MR) is 61.5 cm³/mol. The van der Waals surface area contributed by atoms with Crippen LogP contribution in [0.3, 0.4) is 0 Å². The Hall–Kier alpha value is -1.31. The molecule has 0 radical (unpaired) electrons. The van der Waals surface area contributed by atoms with Crippen LogP contribution in [0.2, 0.25) is 0 Å². The van der Waals surface area contributed by atoms with Gasteiger partial charge in [-0.3, -0.25) is 16.0 Å². The van der Waals surface area contributed by atoms with Gasteiger partial charge in [-0.25, -0.2) is 0 Å². The summed E-state index contributed by atoms with van der Waals surface area (Å²) in [6.45, 7) is 0. The maximum absolute atomic E-state index is 5.50. The third-order valence-electron chi connectivity index (χ3n) is 2.42. The topological polar surface area (TPSA) is 81.7 Å². The minimum Gasteiger partial charge on any atom is -0.276 e. The minimum absolute atomic E-state index is 0.0546. The molecule has 7 heteroatoms. The first-order valence-corrected chi connectivity index (χ1v) is 5.73. The van der Waals surface area contributed by atoms with Gasteiger partial charge in [0.1, 0.15) is 0 Å². The number of hydrogen-bond acceptors (Lipinski definition) is 6. The number of hydrogen-bond donors (Lipinski definition) is 2. The van der Waals surface area contributed by atoms with E-state index < -0.39 is 0 Å². The van der Waals surface area contributed by atoms with Crippen LogP contribution in [0.1, 0.15) is 23.7 Å². The highest BCUT2D eigenvalue weighted by Gasteiger charge is 2.12. The Bertz CT molecular complexity index is 423. The van der Waals surface area contributed by atoms with Gasteiger partial charge < -0.3 is 0 Å². The zero-order valence-electron chi connectivity index (χ0n) is 9.00. The van der Waals surface area contributed by atoms with E-state index in [1.165, 1.54) is 17.3 Å². The molecule has 2 aromatic rings. The highest BCUT2D eigenvalue weighted by atomic mass is 32.1. The van der Waals surface area contributed by atoms with Crippen molar-refractivity contribution in [3.63, 3.8) is 0 Å². The van der Waals surface area contributed by atoms with Crippen molar-refractivity contribution in [1.29, 1.82) is 0 Å². The molecule has 0 saturated carbocycles. The van der Waals surface area contributed by atoms with Gasteiger partial charge in [-0.05, 0) is 18.4 Å². The highest BCUT2D eigenvalue weighted by Crippen LogP contribution is 2.16. The van der Waals surface area contributed by atoms with Crippen LogP contribution >= 0.6 is 11.7 Å². The lowest BCUT2D eigenvalue weighted by Crippen LogP contribution is -2.28. The summed E-state index contributed by atoms with van der Waals surface area (Å²) in [6.07, 6.45) is 7.42. The number of hydrazine groups is 1. The molecule has 2 heterocycles. The molecule has 0 bridgehead atoms. The molecule has 3 N–H and O–H groups in total. The lowest BCUT2D eigenvalue weighted by atomic mass is 10.1.